The average molecular weight is 298 g/mol. The SMILES string of the molecule is CSc1ccccc1NC(=O)c1n[nH]c2ccc(N)cc12. The Bertz CT molecular complexity index is 812. The van der Waals surface area contributed by atoms with E-state index < -0.39 is 0 Å². The second-order valence-corrected chi connectivity index (χ2v) is 5.38. The highest BCUT2D eigenvalue weighted by Gasteiger charge is 2.15. The lowest BCUT2D eigenvalue weighted by Gasteiger charge is -2.08. The van der Waals surface area contributed by atoms with Crippen LogP contribution >= 0.6 is 11.8 Å². The fraction of sp³-hybridized carbons (Fsp3) is 0.0667. The molecule has 21 heavy (non-hydrogen) atoms. The molecule has 1 aromatic heterocycles. The lowest BCUT2D eigenvalue weighted by molar-refractivity contribution is 0.102. The fourth-order valence-electron chi connectivity index (χ4n) is 2.13. The van der Waals surface area contributed by atoms with Crippen molar-refractivity contribution in [2.24, 2.45) is 0 Å². The van der Waals surface area contributed by atoms with E-state index >= 15 is 0 Å². The molecule has 0 saturated heterocycles. The van der Waals surface area contributed by atoms with Crippen molar-refractivity contribution in [1.82, 2.24) is 10.2 Å². The molecular weight excluding hydrogens is 284 g/mol. The number of nitrogen functional groups attached to an aromatic ring is 1. The number of carbonyl (C=O) groups excluding carboxylic acids is 1. The topological polar surface area (TPSA) is 83.8 Å². The lowest BCUT2D eigenvalue weighted by atomic mass is 10.2. The van der Waals surface area contributed by atoms with Gasteiger partial charge in [-0.2, -0.15) is 5.10 Å². The molecule has 1 heterocycles. The summed E-state index contributed by atoms with van der Waals surface area (Å²) in [5.74, 6) is -0.256. The minimum atomic E-state index is -0.256. The second kappa shape index (κ2) is 5.49. The summed E-state index contributed by atoms with van der Waals surface area (Å²) in [5, 5.41) is 10.5. The van der Waals surface area contributed by atoms with Crippen LogP contribution < -0.4 is 11.1 Å². The van der Waals surface area contributed by atoms with Gasteiger partial charge in [0.05, 0.1) is 11.2 Å². The van der Waals surface area contributed by atoms with Gasteiger partial charge in [0, 0.05) is 16.0 Å². The van der Waals surface area contributed by atoms with E-state index in [4.69, 9.17) is 5.73 Å². The normalized spacial score (nSPS) is 10.7. The van der Waals surface area contributed by atoms with Gasteiger partial charge in [0.2, 0.25) is 0 Å². The Morgan fingerprint density at radius 2 is 2.10 bits per heavy atom. The number of hydrogen-bond acceptors (Lipinski definition) is 4. The first kappa shape index (κ1) is 13.5. The third-order valence-corrected chi connectivity index (χ3v) is 3.95. The highest BCUT2D eigenvalue weighted by molar-refractivity contribution is 7.98. The van der Waals surface area contributed by atoms with Gasteiger partial charge in [-0.3, -0.25) is 9.89 Å². The maximum atomic E-state index is 12.4. The average Bonchev–Trinajstić information content (AvgIpc) is 2.90. The zero-order chi connectivity index (χ0) is 14.8. The smallest absolute Gasteiger partial charge is 0.276 e. The number of aromatic nitrogens is 2. The summed E-state index contributed by atoms with van der Waals surface area (Å²) in [5.41, 5.74) is 8.27. The summed E-state index contributed by atoms with van der Waals surface area (Å²) in [6.45, 7) is 0. The van der Waals surface area contributed by atoms with Crippen LogP contribution in [-0.4, -0.2) is 22.4 Å². The molecule has 2 aromatic carbocycles. The van der Waals surface area contributed by atoms with Crippen molar-refractivity contribution in [2.45, 2.75) is 4.90 Å². The largest absolute Gasteiger partial charge is 0.399 e. The van der Waals surface area contributed by atoms with Crippen LogP contribution in [0.3, 0.4) is 0 Å². The predicted octanol–water partition coefficient (Wildman–Crippen LogP) is 3.12. The van der Waals surface area contributed by atoms with Gasteiger partial charge in [-0.1, -0.05) is 12.1 Å². The number of carbonyl (C=O) groups is 1. The molecule has 0 aliphatic heterocycles. The number of hydrogen-bond donors (Lipinski definition) is 3. The van der Waals surface area contributed by atoms with E-state index in [0.29, 0.717) is 16.8 Å². The Hall–Kier alpha value is -2.47. The molecule has 0 unspecified atom stereocenters. The number of benzene rings is 2. The Kier molecular flexibility index (Phi) is 3.53. The molecule has 106 valence electrons. The van der Waals surface area contributed by atoms with Crippen molar-refractivity contribution in [1.29, 1.82) is 0 Å². The van der Waals surface area contributed by atoms with Crippen LogP contribution in [0.2, 0.25) is 0 Å². The number of aromatic amines is 1. The number of nitrogens with zero attached hydrogens (tertiary/aromatic N) is 1. The van der Waals surface area contributed by atoms with E-state index in [1.165, 1.54) is 0 Å². The highest BCUT2D eigenvalue weighted by atomic mass is 32.2. The monoisotopic (exact) mass is 298 g/mol. The first-order valence-electron chi connectivity index (χ1n) is 6.37. The van der Waals surface area contributed by atoms with Gasteiger partial charge in [0.25, 0.3) is 5.91 Å². The van der Waals surface area contributed by atoms with E-state index in [1.54, 1.807) is 23.9 Å². The highest BCUT2D eigenvalue weighted by Crippen LogP contribution is 2.26. The Morgan fingerprint density at radius 1 is 1.29 bits per heavy atom. The molecule has 0 bridgehead atoms. The van der Waals surface area contributed by atoms with Crippen LogP contribution in [0.25, 0.3) is 10.9 Å². The number of H-pyrrole nitrogens is 1. The Balaban J connectivity index is 1.96. The summed E-state index contributed by atoms with van der Waals surface area (Å²) in [6.07, 6.45) is 1.97. The third-order valence-electron chi connectivity index (χ3n) is 3.16. The summed E-state index contributed by atoms with van der Waals surface area (Å²) in [6, 6.07) is 13.0. The zero-order valence-corrected chi connectivity index (χ0v) is 12.2. The van der Waals surface area contributed by atoms with E-state index in [1.807, 2.05) is 36.6 Å². The van der Waals surface area contributed by atoms with Gasteiger partial charge >= 0.3 is 0 Å². The molecule has 0 atom stereocenters. The van der Waals surface area contributed by atoms with Gasteiger partial charge in [-0.25, -0.2) is 0 Å². The predicted molar refractivity (Wildman–Crippen MR) is 86.7 cm³/mol. The van der Waals surface area contributed by atoms with Crippen molar-refractivity contribution in [2.75, 3.05) is 17.3 Å². The van der Waals surface area contributed by atoms with Gasteiger partial charge in [-0.15, -0.1) is 11.8 Å². The molecule has 0 aliphatic carbocycles. The molecule has 1 amide bonds. The lowest BCUT2D eigenvalue weighted by Crippen LogP contribution is -2.13. The van der Waals surface area contributed by atoms with E-state index in [2.05, 4.69) is 15.5 Å². The summed E-state index contributed by atoms with van der Waals surface area (Å²) < 4.78 is 0. The minimum absolute atomic E-state index is 0.256. The quantitative estimate of drug-likeness (QED) is 0.512. The molecule has 0 aliphatic rings. The van der Waals surface area contributed by atoms with Gasteiger partial charge < -0.3 is 11.1 Å². The number of rotatable bonds is 3. The van der Waals surface area contributed by atoms with Gasteiger partial charge in [0.1, 0.15) is 0 Å². The first-order chi connectivity index (χ1) is 10.2. The Morgan fingerprint density at radius 3 is 2.90 bits per heavy atom. The molecule has 0 radical (unpaired) electrons. The molecule has 0 spiro atoms. The molecule has 3 rings (SSSR count). The number of nitrogens with one attached hydrogen (secondary N) is 2. The standard InChI is InChI=1S/C15H14N4OS/c1-21-13-5-3-2-4-12(13)17-15(20)14-10-8-9(16)6-7-11(10)18-19-14/h2-8H,16H2,1H3,(H,17,20)(H,18,19). The van der Waals surface area contributed by atoms with Crippen LogP contribution in [0, 0.1) is 0 Å². The third kappa shape index (κ3) is 2.57. The zero-order valence-electron chi connectivity index (χ0n) is 11.4. The molecular formula is C15H14N4OS. The van der Waals surface area contributed by atoms with E-state index in [9.17, 15) is 4.79 Å². The number of thioether (sulfide) groups is 1. The van der Waals surface area contributed by atoms with Crippen LogP contribution in [-0.2, 0) is 0 Å². The van der Waals surface area contributed by atoms with Gasteiger partial charge in [-0.05, 0) is 36.6 Å². The molecule has 0 saturated carbocycles. The maximum absolute atomic E-state index is 12.4. The number of anilines is 2. The van der Waals surface area contributed by atoms with E-state index in [0.717, 1.165) is 16.1 Å². The number of amides is 1. The molecule has 6 heteroatoms. The number of fused-ring (bicyclic) bond motifs is 1. The minimum Gasteiger partial charge on any atom is -0.399 e. The maximum Gasteiger partial charge on any atom is 0.276 e. The molecule has 0 fully saturated rings. The van der Waals surface area contributed by atoms with Crippen molar-refractivity contribution < 1.29 is 4.79 Å². The summed E-state index contributed by atoms with van der Waals surface area (Å²) in [7, 11) is 0. The van der Waals surface area contributed by atoms with Crippen molar-refractivity contribution >= 4 is 39.9 Å². The second-order valence-electron chi connectivity index (χ2n) is 4.53. The number of para-hydroxylation sites is 1. The van der Waals surface area contributed by atoms with Gasteiger partial charge in [0.15, 0.2) is 5.69 Å². The first-order valence-corrected chi connectivity index (χ1v) is 7.59. The fourth-order valence-corrected chi connectivity index (χ4v) is 2.69. The van der Waals surface area contributed by atoms with Crippen molar-refractivity contribution in [3.63, 3.8) is 0 Å². The van der Waals surface area contributed by atoms with E-state index in [-0.39, 0.29) is 5.91 Å². The summed E-state index contributed by atoms with van der Waals surface area (Å²) in [4.78, 5) is 13.4. The van der Waals surface area contributed by atoms with Crippen molar-refractivity contribution in [3.8, 4) is 0 Å². The van der Waals surface area contributed by atoms with Crippen LogP contribution in [0.15, 0.2) is 47.4 Å². The Labute approximate surface area is 125 Å². The molecule has 5 nitrogen and oxygen atoms in total. The number of nitrogens with two attached hydrogens (primary N) is 1. The summed E-state index contributed by atoms with van der Waals surface area (Å²) >= 11 is 1.58. The van der Waals surface area contributed by atoms with Crippen LogP contribution in [0.1, 0.15) is 10.5 Å². The van der Waals surface area contributed by atoms with Crippen LogP contribution in [0.5, 0.6) is 0 Å². The molecule has 3 aromatic rings. The molecule has 4 N–H and O–H groups in total. The van der Waals surface area contributed by atoms with Crippen molar-refractivity contribution in [3.05, 3.63) is 48.2 Å². The van der Waals surface area contributed by atoms with Crippen LogP contribution in [0.4, 0.5) is 11.4 Å².